The molecule has 1 atom stereocenters. The molecule has 0 saturated carbocycles. The molecule has 0 radical (unpaired) electrons. The van der Waals surface area contributed by atoms with Gasteiger partial charge < -0.3 is 61.3 Å². The Hall–Kier alpha value is -16.2. The van der Waals surface area contributed by atoms with Crippen LogP contribution in [-0.4, -0.2) is 180 Å². The minimum absolute atomic E-state index is 0.0915. The maximum absolute atomic E-state index is 9.25. The third kappa shape index (κ3) is 25.5. The van der Waals surface area contributed by atoms with Crippen LogP contribution in [0.5, 0.6) is 0 Å². The summed E-state index contributed by atoms with van der Waals surface area (Å²) in [5, 5.41) is 56.7. The van der Waals surface area contributed by atoms with E-state index >= 15 is 0 Å². The monoisotopic (exact) mass is 1700 g/mol. The number of benzene rings is 6. The number of aliphatic hydroxyl groups is 2. The van der Waals surface area contributed by atoms with E-state index in [-0.39, 0.29) is 13.2 Å². The summed E-state index contributed by atoms with van der Waals surface area (Å²) in [6, 6.07) is 83.5. The van der Waals surface area contributed by atoms with E-state index in [1.54, 1.807) is 86.0 Å². The number of nitrogens with one attached hydrogen (secondary N) is 5. The van der Waals surface area contributed by atoms with Gasteiger partial charge >= 0.3 is 0 Å². The molecular weight excluding hydrogens is 1600 g/mol. The first-order valence-electron chi connectivity index (χ1n) is 41.8. The van der Waals surface area contributed by atoms with E-state index in [1.165, 1.54) is 18.4 Å². The molecule has 33 nitrogen and oxygen atoms in total. The second kappa shape index (κ2) is 45.1. The summed E-state index contributed by atoms with van der Waals surface area (Å²) in [4.78, 5) is 58.6. The molecule has 18 rings (SSSR count). The molecule has 0 aliphatic carbocycles. The van der Waals surface area contributed by atoms with Crippen molar-refractivity contribution >= 4 is 87.3 Å². The quantitative estimate of drug-likeness (QED) is 0.0212. The molecule has 0 amide bonds. The first-order valence-corrected chi connectivity index (χ1v) is 41.8. The van der Waals surface area contributed by atoms with Crippen molar-refractivity contribution in [2.75, 3.05) is 111 Å². The lowest BCUT2D eigenvalue weighted by Crippen LogP contribution is -2.28. The van der Waals surface area contributed by atoms with Crippen LogP contribution in [-0.2, 0) is 13.1 Å². The Morgan fingerprint density at radius 2 is 0.669 bits per heavy atom. The summed E-state index contributed by atoms with van der Waals surface area (Å²) in [6.07, 6.45) is 24.4. The summed E-state index contributed by atoms with van der Waals surface area (Å²) in [5.41, 5.74) is 11.6. The SMILES string of the molecule is CC1CCCN1c1cc(-n2cnc(Nc3ccccc3)n2)ccn1.CCCN(CCO)c1cc(-n2cnc(Nc3ccccc3)n2)ccn1.CCN(CCO)c1cc(-n2cnc(Nc3ccccc3)n2)ccn1.CN(Cc1ccccc1)c1cc(-n2cnc(Nc3ccccc3)n2)ccn1.CN(Cc1cccnc1)c1cc(-n2cnc(Nc3ccccc3)n2)ccn1. The molecule has 1 fully saturated rings. The van der Waals surface area contributed by atoms with Gasteiger partial charge in [0, 0.05) is 168 Å². The van der Waals surface area contributed by atoms with Crippen molar-refractivity contribution in [2.24, 2.45) is 0 Å². The highest BCUT2D eigenvalue weighted by Crippen LogP contribution is 2.28. The molecule has 7 N–H and O–H groups in total. The van der Waals surface area contributed by atoms with Gasteiger partial charge in [-0.25, -0.2) is 48.3 Å². The number of hydrogen-bond donors (Lipinski definition) is 7. The normalized spacial score (nSPS) is 11.8. The minimum atomic E-state index is 0.0915. The Kier molecular flexibility index (Phi) is 31.0. The average Bonchev–Trinajstić information content (AvgIpc) is 1.65. The minimum Gasteiger partial charge on any atom is -0.395 e. The van der Waals surface area contributed by atoms with E-state index < -0.39 is 0 Å². The van der Waals surface area contributed by atoms with Crippen LogP contribution >= 0.6 is 0 Å². The van der Waals surface area contributed by atoms with Crippen molar-refractivity contribution in [2.45, 2.75) is 59.2 Å². The summed E-state index contributed by atoms with van der Waals surface area (Å²) in [6.45, 7) is 11.9. The summed E-state index contributed by atoms with van der Waals surface area (Å²) in [7, 11) is 4.03. The number of hydrogen-bond acceptors (Lipinski definition) is 28. The van der Waals surface area contributed by atoms with E-state index in [0.717, 1.165) is 131 Å². The van der Waals surface area contributed by atoms with Crippen LogP contribution in [0.15, 0.2) is 330 Å². The predicted molar refractivity (Wildman–Crippen MR) is 500 cm³/mol. The lowest BCUT2D eigenvalue weighted by molar-refractivity contribution is 0.301. The van der Waals surface area contributed by atoms with Crippen LogP contribution in [0.25, 0.3) is 28.4 Å². The van der Waals surface area contributed by atoms with Gasteiger partial charge in [-0.15, -0.1) is 25.5 Å². The molecule has 127 heavy (non-hydrogen) atoms. The molecule has 1 unspecified atom stereocenters. The lowest BCUT2D eigenvalue weighted by Gasteiger charge is -2.22. The maximum Gasteiger partial charge on any atom is 0.246 e. The van der Waals surface area contributed by atoms with Gasteiger partial charge in [-0.1, -0.05) is 134 Å². The van der Waals surface area contributed by atoms with Gasteiger partial charge in [-0.05, 0) is 141 Å². The second-order valence-electron chi connectivity index (χ2n) is 29.1. The molecule has 0 spiro atoms. The molecule has 33 heteroatoms. The van der Waals surface area contributed by atoms with E-state index in [1.807, 2.05) is 275 Å². The number of rotatable bonds is 31. The zero-order valence-electron chi connectivity index (χ0n) is 71.3. The van der Waals surface area contributed by atoms with Crippen LogP contribution < -0.4 is 51.1 Å². The Labute approximate surface area is 737 Å². The number of likely N-dealkylation sites (N-methyl/N-ethyl adjacent to an activating group) is 1. The largest absolute Gasteiger partial charge is 0.395 e. The number of aromatic nitrogens is 21. The van der Waals surface area contributed by atoms with Gasteiger partial charge in [0.15, 0.2) is 0 Å². The molecular formula is C94H101N31O2. The molecule has 6 aromatic carbocycles. The van der Waals surface area contributed by atoms with Crippen LogP contribution in [0.3, 0.4) is 0 Å². The highest BCUT2D eigenvalue weighted by atomic mass is 16.3. The molecule has 11 aromatic heterocycles. The topological polar surface area (TPSA) is 348 Å². The molecule has 17 aromatic rings. The van der Waals surface area contributed by atoms with Crippen molar-refractivity contribution in [3.05, 3.63) is 341 Å². The van der Waals surface area contributed by atoms with Crippen molar-refractivity contribution in [3.8, 4) is 28.4 Å². The van der Waals surface area contributed by atoms with Crippen molar-refractivity contribution in [1.82, 2.24) is 104 Å². The zero-order valence-corrected chi connectivity index (χ0v) is 71.3. The van der Waals surface area contributed by atoms with Crippen LogP contribution in [0, 0.1) is 0 Å². The van der Waals surface area contributed by atoms with E-state index in [4.69, 9.17) is 5.11 Å². The molecule has 1 saturated heterocycles. The van der Waals surface area contributed by atoms with Crippen LogP contribution in [0.4, 0.5) is 87.3 Å². The molecule has 0 bridgehead atoms. The van der Waals surface area contributed by atoms with Crippen LogP contribution in [0.2, 0.25) is 0 Å². The molecule has 12 heterocycles. The first-order chi connectivity index (χ1) is 62.4. The lowest BCUT2D eigenvalue weighted by atomic mass is 10.2. The fourth-order valence-electron chi connectivity index (χ4n) is 13.5. The zero-order chi connectivity index (χ0) is 87.6. The number of nitrogens with zero attached hydrogens (tertiary/aromatic N) is 26. The van der Waals surface area contributed by atoms with E-state index in [9.17, 15) is 5.11 Å². The molecule has 644 valence electrons. The highest BCUT2D eigenvalue weighted by molar-refractivity contribution is 5.59. The number of para-hydroxylation sites is 5. The Bertz CT molecular complexity index is 5920. The van der Waals surface area contributed by atoms with E-state index in [2.05, 4.69) is 159 Å². The number of anilines is 15. The molecule has 1 aliphatic rings. The molecule has 1 aliphatic heterocycles. The van der Waals surface area contributed by atoms with Gasteiger partial charge in [0.05, 0.1) is 41.7 Å². The summed E-state index contributed by atoms with van der Waals surface area (Å²) >= 11 is 0. The maximum atomic E-state index is 9.25. The third-order valence-corrected chi connectivity index (χ3v) is 19.9. The second-order valence-corrected chi connectivity index (χ2v) is 29.1. The van der Waals surface area contributed by atoms with Gasteiger partial charge in [0.25, 0.3) is 0 Å². The third-order valence-electron chi connectivity index (χ3n) is 19.9. The van der Waals surface area contributed by atoms with Crippen LogP contribution in [0.1, 0.15) is 51.2 Å². The predicted octanol–water partition coefficient (Wildman–Crippen LogP) is 15.7. The summed E-state index contributed by atoms with van der Waals surface area (Å²) in [5.74, 6) is 7.10. The van der Waals surface area contributed by atoms with Gasteiger partial charge in [-0.2, -0.15) is 24.9 Å². The van der Waals surface area contributed by atoms with Crippen molar-refractivity contribution in [3.63, 3.8) is 0 Å². The van der Waals surface area contributed by atoms with Gasteiger partial charge in [0.2, 0.25) is 29.7 Å². The van der Waals surface area contributed by atoms with Crippen molar-refractivity contribution < 1.29 is 10.2 Å². The Balaban J connectivity index is 0.000000129. The van der Waals surface area contributed by atoms with E-state index in [0.29, 0.717) is 48.9 Å². The Morgan fingerprint density at radius 1 is 0.346 bits per heavy atom. The standard InChI is InChI=1S/C21H20N6.C20H19N7.C18H22N6O.C18H20N6.C17H20N6O/c1-26(15-17-8-4-2-5-9-17)20-14-19(12-13-22-20)27-16-23-21(25-27)24-18-10-6-3-7-11-18;1-26(14-16-6-5-10-21-13-16)19-12-18(9-11-22-19)27-15-23-20(25-27)24-17-7-3-2-4-8-17;1-2-10-23(11-12-25)17-13-16(8-9-19-17)24-14-20-18(22-24)21-15-6-4-3-5-7-15;1-14-6-5-11-23(14)17-12-16(9-10-19-17)24-13-20-18(22-24)21-15-7-3-2-4-8-15;1-2-22(10-11-24)16-12-15(8-9-18-16)23-13-19-17(21-23)20-14-6-4-3-5-7-14/h2-14,16H,15H2,1H3,(H,24,25);2-13,15H,14H2,1H3,(H,24,25);3-9,13-14,25H,2,10-12H2,1H3,(H,21,22);2-4,7-10,12-14H,5-6,11H2,1H3,(H,21,22);3-9,12-13,24H,2,10-11H2,1H3,(H,20,21). The summed E-state index contributed by atoms with van der Waals surface area (Å²) < 4.78 is 8.65. The van der Waals surface area contributed by atoms with Gasteiger partial charge in [0.1, 0.15) is 60.7 Å². The average molecular weight is 1700 g/mol. The Morgan fingerprint density at radius 3 is 1.01 bits per heavy atom. The fourth-order valence-corrected chi connectivity index (χ4v) is 13.5. The highest BCUT2D eigenvalue weighted by Gasteiger charge is 2.23. The van der Waals surface area contributed by atoms with Crippen molar-refractivity contribution in [1.29, 1.82) is 0 Å². The van der Waals surface area contributed by atoms with Gasteiger partial charge in [-0.3, -0.25) is 4.98 Å². The number of aliphatic hydroxyl groups excluding tert-OH is 2. The smallest absolute Gasteiger partial charge is 0.246 e. The first kappa shape index (κ1) is 87.2. The number of pyridine rings is 6. The fraction of sp³-hybridized carbons (Fsp3) is 0.191.